The van der Waals surface area contributed by atoms with Gasteiger partial charge in [-0.2, -0.15) is 0 Å². The molecule has 0 N–H and O–H groups in total. The molecule has 0 unspecified atom stereocenters. The van der Waals surface area contributed by atoms with Crippen LogP contribution in [0.2, 0.25) is 0 Å². The molecular weight excluding hydrogens is 348 g/mol. The maximum atomic E-state index is 12.6. The van der Waals surface area contributed by atoms with Crippen LogP contribution in [0.3, 0.4) is 0 Å². The third kappa shape index (κ3) is 4.11. The van der Waals surface area contributed by atoms with Crippen molar-refractivity contribution in [3.8, 4) is 11.3 Å². The standard InChI is InChI=1S/C24H26N2O2/c1-19-7-5-6-10-22(19)25-15-17-26(18-16-25)24(27)14-12-21-11-13-23(28-21)20-8-3-2-4-9-20/h2-11,13H,12,14-18H2,1H3. The van der Waals surface area contributed by atoms with E-state index in [-0.39, 0.29) is 5.91 Å². The smallest absolute Gasteiger partial charge is 0.223 e. The van der Waals surface area contributed by atoms with Crippen LogP contribution in [-0.2, 0) is 11.2 Å². The lowest BCUT2D eigenvalue weighted by atomic mass is 10.1. The number of rotatable bonds is 5. The lowest BCUT2D eigenvalue weighted by Crippen LogP contribution is -2.49. The molecule has 0 aliphatic carbocycles. The Morgan fingerprint density at radius 1 is 0.893 bits per heavy atom. The van der Waals surface area contributed by atoms with E-state index in [4.69, 9.17) is 4.42 Å². The predicted octanol–water partition coefficient (Wildman–Crippen LogP) is 4.54. The predicted molar refractivity (Wildman–Crippen MR) is 112 cm³/mol. The van der Waals surface area contributed by atoms with Crippen LogP contribution in [-0.4, -0.2) is 37.0 Å². The SMILES string of the molecule is Cc1ccccc1N1CCN(C(=O)CCc2ccc(-c3ccccc3)o2)CC1. The van der Waals surface area contributed by atoms with E-state index in [9.17, 15) is 4.79 Å². The Kier molecular flexibility index (Phi) is 5.47. The van der Waals surface area contributed by atoms with Gasteiger partial charge in [0.15, 0.2) is 0 Å². The first-order valence-electron chi connectivity index (χ1n) is 9.93. The number of furan rings is 1. The number of hydrogen-bond acceptors (Lipinski definition) is 3. The molecule has 0 saturated carbocycles. The van der Waals surface area contributed by atoms with Crippen molar-refractivity contribution in [3.05, 3.63) is 78.1 Å². The van der Waals surface area contributed by atoms with Gasteiger partial charge in [0.05, 0.1) is 0 Å². The largest absolute Gasteiger partial charge is 0.461 e. The Bertz CT molecular complexity index is 925. The number of amides is 1. The van der Waals surface area contributed by atoms with Gasteiger partial charge in [0.2, 0.25) is 5.91 Å². The van der Waals surface area contributed by atoms with E-state index in [0.717, 1.165) is 43.3 Å². The van der Waals surface area contributed by atoms with Crippen LogP contribution < -0.4 is 4.90 Å². The van der Waals surface area contributed by atoms with E-state index < -0.39 is 0 Å². The molecule has 2 aromatic carbocycles. The van der Waals surface area contributed by atoms with Crippen LogP contribution in [0.1, 0.15) is 17.7 Å². The highest BCUT2D eigenvalue weighted by Crippen LogP contribution is 2.23. The number of piperazine rings is 1. The zero-order valence-electron chi connectivity index (χ0n) is 16.3. The zero-order valence-corrected chi connectivity index (χ0v) is 16.3. The average Bonchev–Trinajstić information content (AvgIpc) is 3.22. The molecule has 0 radical (unpaired) electrons. The Morgan fingerprint density at radius 3 is 2.36 bits per heavy atom. The lowest BCUT2D eigenvalue weighted by molar-refractivity contribution is -0.131. The number of aryl methyl sites for hydroxylation is 2. The second-order valence-electron chi connectivity index (χ2n) is 7.29. The van der Waals surface area contributed by atoms with E-state index >= 15 is 0 Å². The molecule has 3 aromatic rings. The van der Waals surface area contributed by atoms with Crippen LogP contribution in [0.4, 0.5) is 5.69 Å². The second kappa shape index (κ2) is 8.34. The molecular formula is C24H26N2O2. The third-order valence-corrected chi connectivity index (χ3v) is 5.39. The van der Waals surface area contributed by atoms with Crippen molar-refractivity contribution in [1.29, 1.82) is 0 Å². The number of anilines is 1. The van der Waals surface area contributed by atoms with E-state index in [1.165, 1.54) is 11.3 Å². The number of carbonyl (C=O) groups is 1. The summed E-state index contributed by atoms with van der Waals surface area (Å²) >= 11 is 0. The van der Waals surface area contributed by atoms with Crippen molar-refractivity contribution in [2.45, 2.75) is 19.8 Å². The summed E-state index contributed by atoms with van der Waals surface area (Å²) < 4.78 is 5.92. The highest BCUT2D eigenvalue weighted by atomic mass is 16.3. The van der Waals surface area contributed by atoms with Crippen LogP contribution in [0.15, 0.2) is 71.1 Å². The quantitative estimate of drug-likeness (QED) is 0.658. The Labute approximate surface area is 166 Å². The summed E-state index contributed by atoms with van der Waals surface area (Å²) in [5.41, 5.74) is 3.63. The number of para-hydroxylation sites is 1. The van der Waals surface area contributed by atoms with E-state index in [1.54, 1.807) is 0 Å². The molecule has 1 aliphatic rings. The number of carbonyl (C=O) groups excluding carboxylic acids is 1. The van der Waals surface area contributed by atoms with Gasteiger partial charge in [-0.3, -0.25) is 4.79 Å². The number of nitrogens with zero attached hydrogens (tertiary/aromatic N) is 2. The minimum absolute atomic E-state index is 0.210. The van der Waals surface area contributed by atoms with Crippen LogP contribution >= 0.6 is 0 Å². The summed E-state index contributed by atoms with van der Waals surface area (Å²) in [7, 11) is 0. The molecule has 4 rings (SSSR count). The van der Waals surface area contributed by atoms with Gasteiger partial charge in [-0.15, -0.1) is 0 Å². The van der Waals surface area contributed by atoms with Gasteiger partial charge in [0.25, 0.3) is 0 Å². The fourth-order valence-electron chi connectivity index (χ4n) is 3.77. The fraction of sp³-hybridized carbons (Fsp3) is 0.292. The molecule has 0 atom stereocenters. The van der Waals surface area contributed by atoms with Crippen molar-refractivity contribution in [2.24, 2.45) is 0 Å². The molecule has 144 valence electrons. The summed E-state index contributed by atoms with van der Waals surface area (Å²) in [5, 5.41) is 0. The molecule has 1 aliphatic heterocycles. The van der Waals surface area contributed by atoms with Crippen molar-refractivity contribution in [3.63, 3.8) is 0 Å². The van der Waals surface area contributed by atoms with Gasteiger partial charge in [-0.1, -0.05) is 48.5 Å². The number of benzene rings is 2. The molecule has 0 bridgehead atoms. The molecule has 4 nitrogen and oxygen atoms in total. The lowest BCUT2D eigenvalue weighted by Gasteiger charge is -2.36. The van der Waals surface area contributed by atoms with Crippen molar-refractivity contribution >= 4 is 11.6 Å². The van der Waals surface area contributed by atoms with Gasteiger partial charge < -0.3 is 14.2 Å². The van der Waals surface area contributed by atoms with Gasteiger partial charge in [0.1, 0.15) is 11.5 Å². The summed E-state index contributed by atoms with van der Waals surface area (Å²) in [4.78, 5) is 17.0. The van der Waals surface area contributed by atoms with Gasteiger partial charge in [0, 0.05) is 50.3 Å². The summed E-state index contributed by atoms with van der Waals surface area (Å²) in [6, 6.07) is 22.4. The molecule has 0 spiro atoms. The Balaban J connectivity index is 1.28. The maximum absolute atomic E-state index is 12.6. The molecule has 4 heteroatoms. The zero-order chi connectivity index (χ0) is 19.3. The normalized spacial score (nSPS) is 14.3. The minimum Gasteiger partial charge on any atom is -0.461 e. The van der Waals surface area contributed by atoms with Gasteiger partial charge in [-0.05, 0) is 30.7 Å². The first kappa shape index (κ1) is 18.4. The fourth-order valence-corrected chi connectivity index (χ4v) is 3.77. The summed E-state index contributed by atoms with van der Waals surface area (Å²) in [6.45, 7) is 5.46. The highest BCUT2D eigenvalue weighted by molar-refractivity contribution is 5.76. The highest BCUT2D eigenvalue weighted by Gasteiger charge is 2.22. The summed E-state index contributed by atoms with van der Waals surface area (Å²) in [5.74, 6) is 1.93. The average molecular weight is 374 g/mol. The van der Waals surface area contributed by atoms with Crippen molar-refractivity contribution in [1.82, 2.24) is 4.90 Å². The third-order valence-electron chi connectivity index (χ3n) is 5.39. The second-order valence-corrected chi connectivity index (χ2v) is 7.29. The monoisotopic (exact) mass is 374 g/mol. The first-order chi connectivity index (χ1) is 13.7. The molecule has 28 heavy (non-hydrogen) atoms. The Hall–Kier alpha value is -3.01. The molecule has 1 amide bonds. The van der Waals surface area contributed by atoms with E-state index in [2.05, 4.69) is 36.1 Å². The Morgan fingerprint density at radius 2 is 1.61 bits per heavy atom. The molecule has 1 saturated heterocycles. The van der Waals surface area contributed by atoms with Gasteiger partial charge in [-0.25, -0.2) is 0 Å². The van der Waals surface area contributed by atoms with Crippen LogP contribution in [0.5, 0.6) is 0 Å². The molecule has 1 fully saturated rings. The van der Waals surface area contributed by atoms with Gasteiger partial charge >= 0.3 is 0 Å². The van der Waals surface area contributed by atoms with Crippen molar-refractivity contribution in [2.75, 3.05) is 31.1 Å². The van der Waals surface area contributed by atoms with E-state index in [1.807, 2.05) is 47.4 Å². The molecule has 1 aromatic heterocycles. The van der Waals surface area contributed by atoms with Crippen LogP contribution in [0.25, 0.3) is 11.3 Å². The molecule has 2 heterocycles. The maximum Gasteiger partial charge on any atom is 0.223 e. The topological polar surface area (TPSA) is 36.7 Å². The summed E-state index contributed by atoms with van der Waals surface area (Å²) in [6.07, 6.45) is 1.13. The minimum atomic E-state index is 0.210. The van der Waals surface area contributed by atoms with Crippen LogP contribution in [0, 0.1) is 6.92 Å². The van der Waals surface area contributed by atoms with E-state index in [0.29, 0.717) is 12.8 Å². The number of hydrogen-bond donors (Lipinski definition) is 0. The van der Waals surface area contributed by atoms with Crippen molar-refractivity contribution < 1.29 is 9.21 Å². The first-order valence-corrected chi connectivity index (χ1v) is 9.93.